The molecular weight excluding hydrogens is 244 g/mol. The first-order chi connectivity index (χ1) is 9.21. The van der Waals surface area contributed by atoms with Crippen molar-refractivity contribution < 1.29 is 0 Å². The van der Waals surface area contributed by atoms with Crippen LogP contribution in [-0.2, 0) is 0 Å². The molecule has 1 saturated carbocycles. The van der Waals surface area contributed by atoms with Crippen molar-refractivity contribution in [3.05, 3.63) is 0 Å². The van der Waals surface area contributed by atoms with Gasteiger partial charge in [0.2, 0.25) is 0 Å². The molecule has 0 bridgehead atoms. The third-order valence-corrected chi connectivity index (χ3v) is 5.08. The van der Waals surface area contributed by atoms with Crippen molar-refractivity contribution in [3.8, 4) is 0 Å². The highest BCUT2D eigenvalue weighted by Gasteiger charge is 2.29. The Morgan fingerprint density at radius 3 is 1.85 bits per heavy atom. The number of hydrogen-bond donors (Lipinski definition) is 1. The maximum Gasteiger partial charge on any atom is 0.0112 e. The molecule has 120 valence electrons. The Kier molecular flexibility index (Phi) is 7.00. The minimum Gasteiger partial charge on any atom is -0.313 e. The predicted molar refractivity (Wildman–Crippen MR) is 90.2 cm³/mol. The van der Waals surface area contributed by atoms with Crippen LogP contribution in [0.15, 0.2) is 0 Å². The molecule has 2 heteroatoms. The van der Waals surface area contributed by atoms with Gasteiger partial charge < -0.3 is 5.32 Å². The SMILES string of the molecule is CC(C)N(CCNC1CCC(C(C)(C)C)CC1)C(C)C. The lowest BCUT2D eigenvalue weighted by molar-refractivity contribution is 0.149. The zero-order valence-electron chi connectivity index (χ0n) is 15.0. The summed E-state index contributed by atoms with van der Waals surface area (Å²) in [5.41, 5.74) is 0.497. The molecule has 0 aromatic carbocycles. The standard InChI is InChI=1S/C18H38N2/c1-14(2)20(15(3)4)13-12-19-17-10-8-16(9-11-17)18(5,6)7/h14-17,19H,8-13H2,1-7H3. The molecule has 0 radical (unpaired) electrons. The lowest BCUT2D eigenvalue weighted by atomic mass is 9.71. The minimum absolute atomic E-state index is 0.497. The van der Waals surface area contributed by atoms with Gasteiger partial charge in [0.25, 0.3) is 0 Å². The summed E-state index contributed by atoms with van der Waals surface area (Å²) < 4.78 is 0. The van der Waals surface area contributed by atoms with Gasteiger partial charge in [0, 0.05) is 31.2 Å². The molecule has 0 aliphatic heterocycles. The summed E-state index contributed by atoms with van der Waals surface area (Å²) in [4.78, 5) is 2.58. The lowest BCUT2D eigenvalue weighted by Crippen LogP contribution is -2.44. The van der Waals surface area contributed by atoms with E-state index in [1.807, 2.05) is 0 Å². The molecule has 2 nitrogen and oxygen atoms in total. The summed E-state index contributed by atoms with van der Waals surface area (Å²) in [6.07, 6.45) is 5.54. The summed E-state index contributed by atoms with van der Waals surface area (Å²) in [6, 6.07) is 2.05. The maximum atomic E-state index is 3.79. The third-order valence-electron chi connectivity index (χ3n) is 5.08. The number of rotatable bonds is 6. The second kappa shape index (κ2) is 7.79. The molecule has 0 unspecified atom stereocenters. The Morgan fingerprint density at radius 2 is 1.45 bits per heavy atom. The van der Waals surface area contributed by atoms with E-state index in [2.05, 4.69) is 58.7 Å². The van der Waals surface area contributed by atoms with Crippen LogP contribution in [0.25, 0.3) is 0 Å². The predicted octanol–water partition coefficient (Wildman–Crippen LogP) is 4.30. The van der Waals surface area contributed by atoms with Crippen LogP contribution in [0.1, 0.15) is 74.1 Å². The Labute approximate surface area is 127 Å². The van der Waals surface area contributed by atoms with E-state index in [4.69, 9.17) is 0 Å². The van der Waals surface area contributed by atoms with Gasteiger partial charge in [-0.05, 0) is 64.7 Å². The highest BCUT2D eigenvalue weighted by molar-refractivity contribution is 4.83. The normalized spacial score (nSPS) is 24.9. The first kappa shape index (κ1) is 18.0. The third kappa shape index (κ3) is 5.73. The Hall–Kier alpha value is -0.0800. The van der Waals surface area contributed by atoms with Crippen LogP contribution in [0.5, 0.6) is 0 Å². The van der Waals surface area contributed by atoms with Crippen molar-refractivity contribution in [3.63, 3.8) is 0 Å². The minimum atomic E-state index is 0.497. The second-order valence-electron chi connectivity index (χ2n) is 8.29. The van der Waals surface area contributed by atoms with E-state index in [-0.39, 0.29) is 0 Å². The quantitative estimate of drug-likeness (QED) is 0.781. The molecule has 0 aromatic rings. The summed E-state index contributed by atoms with van der Waals surface area (Å²) in [5, 5.41) is 3.79. The molecule has 1 aliphatic rings. The zero-order chi connectivity index (χ0) is 15.3. The van der Waals surface area contributed by atoms with Gasteiger partial charge in [-0.1, -0.05) is 20.8 Å². The van der Waals surface area contributed by atoms with Crippen molar-refractivity contribution in [2.24, 2.45) is 11.3 Å². The van der Waals surface area contributed by atoms with Gasteiger partial charge in [-0.15, -0.1) is 0 Å². The lowest BCUT2D eigenvalue weighted by Gasteiger charge is -2.38. The summed E-state index contributed by atoms with van der Waals surface area (Å²) in [7, 11) is 0. The van der Waals surface area contributed by atoms with Gasteiger partial charge in [-0.2, -0.15) is 0 Å². The van der Waals surface area contributed by atoms with Gasteiger partial charge in [0.1, 0.15) is 0 Å². The molecule has 0 atom stereocenters. The van der Waals surface area contributed by atoms with Crippen LogP contribution < -0.4 is 5.32 Å². The number of nitrogens with one attached hydrogen (secondary N) is 1. The molecule has 0 amide bonds. The Morgan fingerprint density at radius 1 is 0.950 bits per heavy atom. The van der Waals surface area contributed by atoms with E-state index in [0.29, 0.717) is 17.5 Å². The van der Waals surface area contributed by atoms with Crippen LogP contribution in [-0.4, -0.2) is 36.1 Å². The van der Waals surface area contributed by atoms with Gasteiger partial charge in [-0.3, -0.25) is 4.90 Å². The largest absolute Gasteiger partial charge is 0.313 e. The van der Waals surface area contributed by atoms with Crippen LogP contribution in [0.2, 0.25) is 0 Å². The molecule has 1 rings (SSSR count). The van der Waals surface area contributed by atoms with E-state index in [1.54, 1.807) is 0 Å². The molecule has 1 N–H and O–H groups in total. The molecule has 0 heterocycles. The topological polar surface area (TPSA) is 15.3 Å². The van der Waals surface area contributed by atoms with E-state index in [9.17, 15) is 0 Å². The Balaban J connectivity index is 2.25. The van der Waals surface area contributed by atoms with Gasteiger partial charge in [0.15, 0.2) is 0 Å². The van der Waals surface area contributed by atoms with E-state index >= 15 is 0 Å². The molecular formula is C18H38N2. The second-order valence-corrected chi connectivity index (χ2v) is 8.29. The molecule has 1 fully saturated rings. The monoisotopic (exact) mass is 282 g/mol. The molecule has 20 heavy (non-hydrogen) atoms. The van der Waals surface area contributed by atoms with E-state index in [0.717, 1.165) is 18.5 Å². The van der Waals surface area contributed by atoms with Crippen molar-refractivity contribution in [1.29, 1.82) is 0 Å². The average molecular weight is 283 g/mol. The van der Waals surface area contributed by atoms with Crippen molar-refractivity contribution in [1.82, 2.24) is 10.2 Å². The average Bonchev–Trinajstić information content (AvgIpc) is 2.33. The smallest absolute Gasteiger partial charge is 0.0112 e. The number of nitrogens with zero attached hydrogens (tertiary/aromatic N) is 1. The summed E-state index contributed by atoms with van der Waals surface area (Å²) >= 11 is 0. The zero-order valence-corrected chi connectivity index (χ0v) is 15.0. The van der Waals surface area contributed by atoms with Crippen LogP contribution in [0.3, 0.4) is 0 Å². The first-order valence-corrected chi connectivity index (χ1v) is 8.71. The fourth-order valence-corrected chi connectivity index (χ4v) is 3.67. The highest BCUT2D eigenvalue weighted by atomic mass is 15.2. The number of hydrogen-bond acceptors (Lipinski definition) is 2. The summed E-state index contributed by atoms with van der Waals surface area (Å²) in [5.74, 6) is 0.920. The van der Waals surface area contributed by atoms with Gasteiger partial charge in [0.05, 0.1) is 0 Å². The fourth-order valence-electron chi connectivity index (χ4n) is 3.67. The first-order valence-electron chi connectivity index (χ1n) is 8.71. The van der Waals surface area contributed by atoms with Crippen LogP contribution in [0.4, 0.5) is 0 Å². The van der Waals surface area contributed by atoms with Crippen molar-refractivity contribution in [2.45, 2.75) is 92.3 Å². The summed E-state index contributed by atoms with van der Waals surface area (Å²) in [6.45, 7) is 18.7. The van der Waals surface area contributed by atoms with Gasteiger partial charge >= 0.3 is 0 Å². The Bertz CT molecular complexity index is 249. The van der Waals surface area contributed by atoms with Crippen LogP contribution in [0, 0.1) is 11.3 Å². The van der Waals surface area contributed by atoms with Crippen molar-refractivity contribution >= 4 is 0 Å². The molecule has 0 saturated heterocycles. The van der Waals surface area contributed by atoms with Gasteiger partial charge in [-0.25, -0.2) is 0 Å². The highest BCUT2D eigenvalue weighted by Crippen LogP contribution is 2.37. The molecule has 0 aromatic heterocycles. The van der Waals surface area contributed by atoms with Crippen molar-refractivity contribution in [2.75, 3.05) is 13.1 Å². The van der Waals surface area contributed by atoms with E-state index in [1.165, 1.54) is 32.2 Å². The molecule has 0 spiro atoms. The van der Waals surface area contributed by atoms with E-state index < -0.39 is 0 Å². The van der Waals surface area contributed by atoms with Crippen LogP contribution >= 0.6 is 0 Å². The maximum absolute atomic E-state index is 3.79. The fraction of sp³-hybridized carbons (Fsp3) is 1.00. The molecule has 1 aliphatic carbocycles.